The lowest BCUT2D eigenvalue weighted by Crippen LogP contribution is -2.46. The Labute approximate surface area is 153 Å². The first-order valence-corrected chi connectivity index (χ1v) is 9.24. The van der Waals surface area contributed by atoms with E-state index in [1.165, 1.54) is 17.5 Å². The van der Waals surface area contributed by atoms with Gasteiger partial charge in [0.15, 0.2) is 0 Å². The molecule has 2 aromatic rings. The van der Waals surface area contributed by atoms with E-state index < -0.39 is 0 Å². The zero-order valence-electron chi connectivity index (χ0n) is 15.4. The SMILES string of the molecule is COc1cc2c(cc1-c1nccn1C[C@@H]1CN(C(C)=O)CCO1)CCC2. The smallest absolute Gasteiger partial charge is 0.219 e. The molecule has 2 aliphatic rings. The fraction of sp³-hybridized carbons (Fsp3) is 0.500. The Bertz CT molecular complexity index is 815. The molecule has 1 aliphatic carbocycles. The summed E-state index contributed by atoms with van der Waals surface area (Å²) in [6.45, 7) is 4.14. The van der Waals surface area contributed by atoms with Gasteiger partial charge in [-0.15, -0.1) is 0 Å². The quantitative estimate of drug-likeness (QED) is 0.844. The van der Waals surface area contributed by atoms with E-state index in [4.69, 9.17) is 9.47 Å². The number of hydrogen-bond donors (Lipinski definition) is 0. The third-order valence-electron chi connectivity index (χ3n) is 5.35. The maximum absolute atomic E-state index is 11.7. The predicted molar refractivity (Wildman–Crippen MR) is 98.2 cm³/mol. The summed E-state index contributed by atoms with van der Waals surface area (Å²) in [6, 6.07) is 4.38. The summed E-state index contributed by atoms with van der Waals surface area (Å²) in [5.41, 5.74) is 3.81. The van der Waals surface area contributed by atoms with Crippen LogP contribution in [0.5, 0.6) is 5.75 Å². The van der Waals surface area contributed by atoms with E-state index in [1.54, 1.807) is 14.0 Å². The van der Waals surface area contributed by atoms with Crippen LogP contribution in [0.1, 0.15) is 24.5 Å². The van der Waals surface area contributed by atoms with Crippen molar-refractivity contribution in [3.05, 3.63) is 35.7 Å². The molecule has 6 heteroatoms. The standard InChI is InChI=1S/C20H25N3O3/c1-14(24)22-8-9-26-17(12-22)13-23-7-6-21-20(23)18-10-15-4-3-5-16(15)11-19(18)25-2/h6-7,10-11,17H,3-5,8-9,12-13H2,1-2H3/t17-/m0/s1. The minimum atomic E-state index is -0.0268. The van der Waals surface area contributed by atoms with Crippen LogP contribution in [0.2, 0.25) is 0 Å². The number of nitrogens with zero attached hydrogens (tertiary/aromatic N) is 3. The van der Waals surface area contributed by atoms with Crippen LogP contribution in [0, 0.1) is 0 Å². The second-order valence-corrected chi connectivity index (χ2v) is 7.04. The number of aryl methyl sites for hydroxylation is 2. The van der Waals surface area contributed by atoms with Crippen LogP contribution in [-0.4, -0.2) is 53.3 Å². The number of amides is 1. The highest BCUT2D eigenvalue weighted by atomic mass is 16.5. The van der Waals surface area contributed by atoms with Gasteiger partial charge < -0.3 is 18.9 Å². The summed E-state index contributed by atoms with van der Waals surface area (Å²) in [4.78, 5) is 18.1. The molecule has 4 rings (SSSR count). The van der Waals surface area contributed by atoms with Crippen molar-refractivity contribution in [2.24, 2.45) is 0 Å². The minimum absolute atomic E-state index is 0.0268. The highest BCUT2D eigenvalue weighted by molar-refractivity contribution is 5.73. The second kappa shape index (κ2) is 7.11. The van der Waals surface area contributed by atoms with Crippen molar-refractivity contribution in [2.45, 2.75) is 38.8 Å². The summed E-state index contributed by atoms with van der Waals surface area (Å²) < 4.78 is 13.6. The number of aromatic nitrogens is 2. The zero-order valence-corrected chi connectivity index (χ0v) is 15.4. The number of carbonyl (C=O) groups is 1. The normalized spacial score (nSPS) is 19.5. The molecule has 1 aliphatic heterocycles. The number of hydrogen-bond acceptors (Lipinski definition) is 4. The number of carbonyl (C=O) groups excluding carboxylic acids is 1. The summed E-state index contributed by atoms with van der Waals surface area (Å²) >= 11 is 0. The Hall–Kier alpha value is -2.34. The van der Waals surface area contributed by atoms with Crippen LogP contribution in [-0.2, 0) is 28.9 Å². The lowest BCUT2D eigenvalue weighted by atomic mass is 10.0. The zero-order chi connectivity index (χ0) is 18.1. The Balaban J connectivity index is 1.61. The van der Waals surface area contributed by atoms with Crippen LogP contribution >= 0.6 is 0 Å². The molecule has 1 aromatic heterocycles. The Morgan fingerprint density at radius 3 is 2.92 bits per heavy atom. The second-order valence-electron chi connectivity index (χ2n) is 7.04. The fourth-order valence-corrected chi connectivity index (χ4v) is 3.98. The maximum Gasteiger partial charge on any atom is 0.219 e. The van der Waals surface area contributed by atoms with Crippen molar-refractivity contribution in [1.82, 2.24) is 14.5 Å². The molecule has 138 valence electrons. The van der Waals surface area contributed by atoms with Gasteiger partial charge in [0.05, 0.1) is 31.9 Å². The molecular formula is C20H25N3O3. The number of benzene rings is 1. The van der Waals surface area contributed by atoms with Crippen molar-refractivity contribution < 1.29 is 14.3 Å². The summed E-state index contributed by atoms with van der Waals surface area (Å²) in [5.74, 6) is 1.86. The molecule has 1 aromatic carbocycles. The van der Waals surface area contributed by atoms with Gasteiger partial charge in [-0.3, -0.25) is 4.79 Å². The van der Waals surface area contributed by atoms with E-state index in [0.717, 1.165) is 30.0 Å². The molecule has 26 heavy (non-hydrogen) atoms. The van der Waals surface area contributed by atoms with Crippen LogP contribution in [0.15, 0.2) is 24.5 Å². The monoisotopic (exact) mass is 355 g/mol. The molecular weight excluding hydrogens is 330 g/mol. The predicted octanol–water partition coefficient (Wildman–Crippen LogP) is 2.29. The van der Waals surface area contributed by atoms with E-state index in [-0.39, 0.29) is 12.0 Å². The average molecular weight is 355 g/mol. The Kier molecular flexibility index (Phi) is 4.68. The molecule has 1 fully saturated rings. The average Bonchev–Trinajstić information content (AvgIpc) is 3.29. The largest absolute Gasteiger partial charge is 0.496 e. The van der Waals surface area contributed by atoms with Crippen LogP contribution < -0.4 is 4.74 Å². The van der Waals surface area contributed by atoms with E-state index in [1.807, 2.05) is 17.3 Å². The van der Waals surface area contributed by atoms with Gasteiger partial charge in [-0.05, 0) is 42.5 Å². The topological polar surface area (TPSA) is 56.6 Å². The Morgan fingerprint density at radius 1 is 1.35 bits per heavy atom. The van der Waals surface area contributed by atoms with Crippen molar-refractivity contribution in [3.8, 4) is 17.1 Å². The first kappa shape index (κ1) is 17.1. The lowest BCUT2D eigenvalue weighted by molar-refractivity contribution is -0.136. The number of morpholine rings is 1. The first-order valence-electron chi connectivity index (χ1n) is 9.24. The summed E-state index contributed by atoms with van der Waals surface area (Å²) in [7, 11) is 1.71. The van der Waals surface area contributed by atoms with E-state index >= 15 is 0 Å². The van der Waals surface area contributed by atoms with Crippen LogP contribution in [0.4, 0.5) is 0 Å². The number of ether oxygens (including phenoxy) is 2. The molecule has 1 saturated heterocycles. The van der Waals surface area contributed by atoms with Gasteiger partial charge in [-0.1, -0.05) is 0 Å². The molecule has 0 saturated carbocycles. The number of rotatable bonds is 4. The van der Waals surface area contributed by atoms with Crippen molar-refractivity contribution in [3.63, 3.8) is 0 Å². The molecule has 1 amide bonds. The van der Waals surface area contributed by atoms with E-state index in [2.05, 4.69) is 21.7 Å². The summed E-state index contributed by atoms with van der Waals surface area (Å²) in [5, 5.41) is 0. The molecule has 0 unspecified atom stereocenters. The van der Waals surface area contributed by atoms with Gasteiger partial charge in [0.1, 0.15) is 11.6 Å². The van der Waals surface area contributed by atoms with Gasteiger partial charge in [0.2, 0.25) is 5.91 Å². The van der Waals surface area contributed by atoms with Gasteiger partial charge in [-0.2, -0.15) is 0 Å². The third kappa shape index (κ3) is 3.21. The minimum Gasteiger partial charge on any atom is -0.496 e. The molecule has 0 radical (unpaired) electrons. The van der Waals surface area contributed by atoms with Crippen molar-refractivity contribution >= 4 is 5.91 Å². The third-order valence-corrected chi connectivity index (χ3v) is 5.35. The maximum atomic E-state index is 11.7. The lowest BCUT2D eigenvalue weighted by Gasteiger charge is -2.32. The molecule has 6 nitrogen and oxygen atoms in total. The molecule has 1 atom stereocenters. The number of imidazole rings is 1. The highest BCUT2D eigenvalue weighted by Crippen LogP contribution is 2.35. The number of methoxy groups -OCH3 is 1. The first-order chi connectivity index (χ1) is 12.7. The molecule has 0 bridgehead atoms. The fourth-order valence-electron chi connectivity index (χ4n) is 3.98. The van der Waals surface area contributed by atoms with E-state index in [0.29, 0.717) is 26.2 Å². The van der Waals surface area contributed by atoms with Crippen molar-refractivity contribution in [2.75, 3.05) is 26.8 Å². The Morgan fingerprint density at radius 2 is 2.15 bits per heavy atom. The van der Waals surface area contributed by atoms with Gasteiger partial charge in [0.25, 0.3) is 0 Å². The molecule has 2 heterocycles. The molecule has 0 N–H and O–H groups in total. The summed E-state index contributed by atoms with van der Waals surface area (Å²) in [6.07, 6.45) is 7.20. The number of fused-ring (bicyclic) bond motifs is 1. The molecule has 0 spiro atoms. The van der Waals surface area contributed by atoms with Gasteiger partial charge >= 0.3 is 0 Å². The van der Waals surface area contributed by atoms with Crippen LogP contribution in [0.3, 0.4) is 0 Å². The van der Waals surface area contributed by atoms with E-state index in [9.17, 15) is 4.79 Å². The van der Waals surface area contributed by atoms with Crippen molar-refractivity contribution in [1.29, 1.82) is 0 Å². The van der Waals surface area contributed by atoms with Gasteiger partial charge in [0, 0.05) is 32.4 Å². The van der Waals surface area contributed by atoms with Crippen LogP contribution in [0.25, 0.3) is 11.4 Å². The highest BCUT2D eigenvalue weighted by Gasteiger charge is 2.24. The van der Waals surface area contributed by atoms with Gasteiger partial charge in [-0.25, -0.2) is 4.98 Å².